The Bertz CT molecular complexity index is 649. The summed E-state index contributed by atoms with van der Waals surface area (Å²) in [5, 5.41) is 14.1. The van der Waals surface area contributed by atoms with Crippen LogP contribution in [0, 0.1) is 15.9 Å². The van der Waals surface area contributed by atoms with E-state index in [-0.39, 0.29) is 17.5 Å². The van der Waals surface area contributed by atoms with E-state index in [2.05, 4.69) is 26.2 Å². The Kier molecular flexibility index (Phi) is 4.85. The zero-order chi connectivity index (χ0) is 15.4. The summed E-state index contributed by atoms with van der Waals surface area (Å²) < 4.78 is 13.4. The molecule has 0 spiro atoms. The van der Waals surface area contributed by atoms with Crippen molar-refractivity contribution in [2.75, 3.05) is 5.32 Å². The molecule has 1 heterocycles. The Morgan fingerprint density at radius 3 is 2.67 bits per heavy atom. The first kappa shape index (κ1) is 15.4. The largest absolute Gasteiger partial charge is 0.376 e. The standard InChI is InChI=1S/C14H13BrFN3O2/c1-9(6-10-2-4-11(16)5-3-10)18-14-12(15)7-17-8-13(14)19(20)21/h2-5,7-9H,6H2,1H3,(H,17,18). The van der Waals surface area contributed by atoms with Crippen LogP contribution in [0.5, 0.6) is 0 Å². The zero-order valence-corrected chi connectivity index (χ0v) is 12.8. The minimum atomic E-state index is -0.481. The van der Waals surface area contributed by atoms with Gasteiger partial charge in [-0.2, -0.15) is 0 Å². The van der Waals surface area contributed by atoms with Gasteiger partial charge in [0.15, 0.2) is 0 Å². The van der Waals surface area contributed by atoms with Gasteiger partial charge in [0, 0.05) is 12.2 Å². The van der Waals surface area contributed by atoms with Crippen LogP contribution in [0.15, 0.2) is 41.1 Å². The van der Waals surface area contributed by atoms with Gasteiger partial charge in [-0.1, -0.05) is 12.1 Å². The summed E-state index contributed by atoms with van der Waals surface area (Å²) in [4.78, 5) is 14.3. The first-order chi connectivity index (χ1) is 9.97. The molecule has 1 N–H and O–H groups in total. The number of hydrogen-bond donors (Lipinski definition) is 1. The van der Waals surface area contributed by atoms with E-state index in [9.17, 15) is 14.5 Å². The van der Waals surface area contributed by atoms with Crippen molar-refractivity contribution in [3.05, 3.63) is 62.6 Å². The van der Waals surface area contributed by atoms with Gasteiger partial charge in [-0.3, -0.25) is 15.1 Å². The molecule has 1 aromatic heterocycles. The maximum Gasteiger partial charge on any atom is 0.311 e. The molecule has 0 aliphatic heterocycles. The number of aromatic nitrogens is 1. The highest BCUT2D eigenvalue weighted by Crippen LogP contribution is 2.31. The van der Waals surface area contributed by atoms with Crippen LogP contribution in [0.3, 0.4) is 0 Å². The van der Waals surface area contributed by atoms with Gasteiger partial charge in [0.1, 0.15) is 17.7 Å². The Morgan fingerprint density at radius 2 is 2.05 bits per heavy atom. The maximum atomic E-state index is 12.9. The summed E-state index contributed by atoms with van der Waals surface area (Å²) in [6.07, 6.45) is 3.32. The molecule has 1 aromatic carbocycles. The lowest BCUT2D eigenvalue weighted by atomic mass is 10.1. The molecule has 2 rings (SSSR count). The van der Waals surface area contributed by atoms with Gasteiger partial charge >= 0.3 is 5.69 Å². The zero-order valence-electron chi connectivity index (χ0n) is 11.2. The molecule has 5 nitrogen and oxygen atoms in total. The summed E-state index contributed by atoms with van der Waals surface area (Å²) in [7, 11) is 0. The van der Waals surface area contributed by atoms with E-state index in [0.29, 0.717) is 16.6 Å². The van der Waals surface area contributed by atoms with Gasteiger partial charge in [0.2, 0.25) is 0 Å². The second-order valence-electron chi connectivity index (χ2n) is 4.65. The monoisotopic (exact) mass is 353 g/mol. The molecule has 21 heavy (non-hydrogen) atoms. The van der Waals surface area contributed by atoms with Crippen molar-refractivity contribution in [2.24, 2.45) is 0 Å². The fraction of sp³-hybridized carbons (Fsp3) is 0.214. The lowest BCUT2D eigenvalue weighted by Crippen LogP contribution is -2.19. The molecular weight excluding hydrogens is 341 g/mol. The number of anilines is 1. The Labute approximate surface area is 129 Å². The van der Waals surface area contributed by atoms with Crippen LogP contribution in [0.1, 0.15) is 12.5 Å². The highest BCUT2D eigenvalue weighted by molar-refractivity contribution is 9.10. The second-order valence-corrected chi connectivity index (χ2v) is 5.50. The molecular formula is C14H13BrFN3O2. The molecule has 0 saturated heterocycles. The van der Waals surface area contributed by atoms with Crippen molar-refractivity contribution in [2.45, 2.75) is 19.4 Å². The molecule has 110 valence electrons. The van der Waals surface area contributed by atoms with Crippen molar-refractivity contribution in [1.82, 2.24) is 4.98 Å². The van der Waals surface area contributed by atoms with Crippen molar-refractivity contribution in [1.29, 1.82) is 0 Å². The third-order valence-corrected chi connectivity index (χ3v) is 3.52. The minimum Gasteiger partial charge on any atom is -0.376 e. The quantitative estimate of drug-likeness (QED) is 0.653. The average Bonchev–Trinajstić information content (AvgIpc) is 2.43. The van der Waals surface area contributed by atoms with Crippen molar-refractivity contribution >= 4 is 27.3 Å². The van der Waals surface area contributed by atoms with E-state index in [4.69, 9.17) is 0 Å². The topological polar surface area (TPSA) is 68.1 Å². The summed E-state index contributed by atoms with van der Waals surface area (Å²) in [5.74, 6) is -0.285. The molecule has 1 unspecified atom stereocenters. The predicted molar refractivity (Wildman–Crippen MR) is 81.8 cm³/mol. The highest BCUT2D eigenvalue weighted by Gasteiger charge is 2.19. The molecule has 0 amide bonds. The van der Waals surface area contributed by atoms with Gasteiger partial charge < -0.3 is 5.32 Å². The van der Waals surface area contributed by atoms with Crippen LogP contribution in [-0.4, -0.2) is 15.9 Å². The highest BCUT2D eigenvalue weighted by atomic mass is 79.9. The number of nitrogens with zero attached hydrogens (tertiary/aromatic N) is 2. The number of halogens is 2. The number of nitrogens with one attached hydrogen (secondary N) is 1. The predicted octanol–water partition coefficient (Wildman–Crippen LogP) is 3.93. The van der Waals surface area contributed by atoms with Crippen LogP contribution < -0.4 is 5.32 Å². The summed E-state index contributed by atoms with van der Waals surface area (Å²) >= 11 is 3.26. The Balaban J connectivity index is 2.14. The number of hydrogen-bond acceptors (Lipinski definition) is 4. The molecule has 0 aliphatic carbocycles. The van der Waals surface area contributed by atoms with E-state index < -0.39 is 4.92 Å². The third-order valence-electron chi connectivity index (χ3n) is 2.92. The van der Waals surface area contributed by atoms with E-state index in [1.807, 2.05) is 6.92 Å². The summed E-state index contributed by atoms with van der Waals surface area (Å²) in [5.41, 5.74) is 1.25. The molecule has 1 atom stereocenters. The minimum absolute atomic E-state index is 0.0622. The van der Waals surface area contributed by atoms with Crippen LogP contribution in [0.25, 0.3) is 0 Å². The fourth-order valence-electron chi connectivity index (χ4n) is 1.98. The van der Waals surface area contributed by atoms with E-state index in [1.54, 1.807) is 12.1 Å². The van der Waals surface area contributed by atoms with Crippen LogP contribution >= 0.6 is 15.9 Å². The smallest absolute Gasteiger partial charge is 0.311 e. The molecule has 0 radical (unpaired) electrons. The number of pyridine rings is 1. The van der Waals surface area contributed by atoms with Crippen LogP contribution in [0.2, 0.25) is 0 Å². The number of benzene rings is 1. The van der Waals surface area contributed by atoms with Crippen molar-refractivity contribution in [3.8, 4) is 0 Å². The molecule has 0 bridgehead atoms. The van der Waals surface area contributed by atoms with E-state index in [1.165, 1.54) is 24.5 Å². The molecule has 7 heteroatoms. The Morgan fingerprint density at radius 1 is 1.38 bits per heavy atom. The first-order valence-electron chi connectivity index (χ1n) is 6.26. The van der Waals surface area contributed by atoms with Gasteiger partial charge in [-0.15, -0.1) is 0 Å². The SMILES string of the molecule is CC(Cc1ccc(F)cc1)Nc1c(Br)cncc1[N+](=O)[O-]. The van der Waals surface area contributed by atoms with Crippen molar-refractivity contribution in [3.63, 3.8) is 0 Å². The maximum absolute atomic E-state index is 12.9. The number of rotatable bonds is 5. The van der Waals surface area contributed by atoms with Gasteiger partial charge in [-0.05, 0) is 47.0 Å². The summed E-state index contributed by atoms with van der Waals surface area (Å²) in [6, 6.07) is 6.13. The second kappa shape index (κ2) is 6.62. The molecule has 2 aromatic rings. The summed E-state index contributed by atoms with van der Waals surface area (Å²) in [6.45, 7) is 1.90. The molecule has 0 fully saturated rings. The molecule has 0 aliphatic rings. The van der Waals surface area contributed by atoms with E-state index >= 15 is 0 Å². The first-order valence-corrected chi connectivity index (χ1v) is 7.05. The third kappa shape index (κ3) is 3.98. The van der Waals surface area contributed by atoms with Gasteiger partial charge in [0.25, 0.3) is 0 Å². The van der Waals surface area contributed by atoms with E-state index in [0.717, 1.165) is 5.56 Å². The average molecular weight is 354 g/mol. The lowest BCUT2D eigenvalue weighted by Gasteiger charge is -2.16. The Hall–Kier alpha value is -2.02. The normalized spacial score (nSPS) is 12.0. The van der Waals surface area contributed by atoms with Crippen LogP contribution in [-0.2, 0) is 6.42 Å². The molecule has 0 saturated carbocycles. The van der Waals surface area contributed by atoms with Gasteiger partial charge in [0.05, 0.1) is 9.40 Å². The lowest BCUT2D eigenvalue weighted by molar-refractivity contribution is -0.384. The fourth-order valence-corrected chi connectivity index (χ4v) is 2.41. The van der Waals surface area contributed by atoms with Crippen LogP contribution in [0.4, 0.5) is 15.8 Å². The van der Waals surface area contributed by atoms with Crippen molar-refractivity contribution < 1.29 is 9.31 Å². The number of nitro groups is 1. The van der Waals surface area contributed by atoms with Gasteiger partial charge in [-0.25, -0.2) is 4.39 Å².